The van der Waals surface area contributed by atoms with Crippen molar-refractivity contribution in [2.24, 2.45) is 0 Å². The van der Waals surface area contributed by atoms with E-state index >= 15 is 0 Å². The highest BCUT2D eigenvalue weighted by Crippen LogP contribution is 2.34. The average molecular weight is 535 g/mol. The van der Waals surface area contributed by atoms with Crippen molar-refractivity contribution in [1.82, 2.24) is 0 Å². The molecule has 3 rings (SSSR count). The second-order valence-electron chi connectivity index (χ2n) is 8.84. The van der Waals surface area contributed by atoms with Crippen LogP contribution in [0.4, 0.5) is 0 Å². The Bertz CT molecular complexity index is 1380. The van der Waals surface area contributed by atoms with Gasteiger partial charge < -0.3 is 24.1 Å². The standard InChI is InChI=1S/C30H30O9/c1-18(2)27(32)36-14-9-15-37-29(34)25-21-10-5-7-12-23(21)26(24-13-8-6-11-22(24)25)30(35)39-20(16-31)17-38-28(33)19(3)4/h5-8,10-13,20,31H,1,3,9,14-17H2,2,4H3. The lowest BCUT2D eigenvalue weighted by Crippen LogP contribution is -2.29. The second-order valence-corrected chi connectivity index (χ2v) is 8.84. The van der Waals surface area contributed by atoms with Crippen LogP contribution in [-0.4, -0.2) is 61.5 Å². The molecular weight excluding hydrogens is 504 g/mol. The molecule has 3 aromatic rings. The van der Waals surface area contributed by atoms with E-state index in [1.165, 1.54) is 6.92 Å². The quantitative estimate of drug-likeness (QED) is 0.119. The molecule has 0 saturated carbocycles. The van der Waals surface area contributed by atoms with Crippen molar-refractivity contribution in [2.75, 3.05) is 26.4 Å². The van der Waals surface area contributed by atoms with Gasteiger partial charge in [0.05, 0.1) is 30.9 Å². The molecule has 0 aromatic heterocycles. The SMILES string of the molecule is C=C(C)C(=O)OCCCOC(=O)c1c2ccccc2c(C(=O)OC(CO)COC(=O)C(=C)C)c2ccccc12. The zero-order chi connectivity index (χ0) is 28.5. The normalized spacial score (nSPS) is 11.5. The molecule has 1 unspecified atom stereocenters. The Morgan fingerprint density at radius 1 is 0.718 bits per heavy atom. The summed E-state index contributed by atoms with van der Waals surface area (Å²) >= 11 is 0. The number of carbonyl (C=O) groups excluding carboxylic acids is 4. The number of fused-ring (bicyclic) bond motifs is 2. The first-order valence-corrected chi connectivity index (χ1v) is 12.2. The predicted molar refractivity (Wildman–Crippen MR) is 144 cm³/mol. The summed E-state index contributed by atoms with van der Waals surface area (Å²) in [4.78, 5) is 49.9. The van der Waals surface area contributed by atoms with Crippen LogP contribution in [0.1, 0.15) is 41.0 Å². The molecule has 0 radical (unpaired) electrons. The molecule has 0 aliphatic carbocycles. The van der Waals surface area contributed by atoms with Crippen LogP contribution in [0.15, 0.2) is 72.8 Å². The van der Waals surface area contributed by atoms with Gasteiger partial charge in [-0.2, -0.15) is 0 Å². The monoisotopic (exact) mass is 534 g/mol. The van der Waals surface area contributed by atoms with Crippen molar-refractivity contribution in [1.29, 1.82) is 0 Å². The van der Waals surface area contributed by atoms with E-state index < -0.39 is 36.6 Å². The molecule has 204 valence electrons. The summed E-state index contributed by atoms with van der Waals surface area (Å²) in [6.45, 7) is 9.18. The van der Waals surface area contributed by atoms with Crippen molar-refractivity contribution in [3.8, 4) is 0 Å². The van der Waals surface area contributed by atoms with Crippen molar-refractivity contribution in [2.45, 2.75) is 26.4 Å². The number of benzene rings is 3. The van der Waals surface area contributed by atoms with E-state index in [-0.39, 0.29) is 42.1 Å². The molecule has 1 N–H and O–H groups in total. The lowest BCUT2D eigenvalue weighted by Gasteiger charge is -2.19. The number of hydrogen-bond acceptors (Lipinski definition) is 9. The third kappa shape index (κ3) is 7.08. The van der Waals surface area contributed by atoms with Crippen LogP contribution < -0.4 is 0 Å². The van der Waals surface area contributed by atoms with Gasteiger partial charge in [0.25, 0.3) is 0 Å². The Labute approximate surface area is 225 Å². The van der Waals surface area contributed by atoms with Gasteiger partial charge in [0, 0.05) is 17.6 Å². The average Bonchev–Trinajstić information content (AvgIpc) is 2.92. The molecule has 0 aliphatic rings. The molecular formula is C30H30O9. The van der Waals surface area contributed by atoms with Gasteiger partial charge in [-0.15, -0.1) is 0 Å². The van der Waals surface area contributed by atoms with Crippen LogP contribution in [0, 0.1) is 0 Å². The smallest absolute Gasteiger partial charge is 0.339 e. The maximum Gasteiger partial charge on any atom is 0.339 e. The van der Waals surface area contributed by atoms with Crippen LogP contribution in [0.3, 0.4) is 0 Å². The molecule has 3 aromatic carbocycles. The number of aliphatic hydroxyl groups is 1. The van der Waals surface area contributed by atoms with Gasteiger partial charge in [-0.05, 0) is 35.4 Å². The fourth-order valence-electron chi connectivity index (χ4n) is 3.78. The molecule has 0 bridgehead atoms. The van der Waals surface area contributed by atoms with Crippen molar-refractivity contribution in [3.63, 3.8) is 0 Å². The molecule has 0 fully saturated rings. The number of esters is 4. The van der Waals surface area contributed by atoms with Gasteiger partial charge in [0.2, 0.25) is 0 Å². The zero-order valence-corrected chi connectivity index (χ0v) is 21.9. The summed E-state index contributed by atoms with van der Waals surface area (Å²) in [6.07, 6.45) is -0.814. The highest BCUT2D eigenvalue weighted by atomic mass is 16.6. The fraction of sp³-hybridized carbons (Fsp3) is 0.267. The van der Waals surface area contributed by atoms with Crippen LogP contribution in [0.25, 0.3) is 21.5 Å². The van der Waals surface area contributed by atoms with Gasteiger partial charge in [0.15, 0.2) is 6.10 Å². The number of aliphatic hydroxyl groups excluding tert-OH is 1. The zero-order valence-electron chi connectivity index (χ0n) is 21.9. The fourth-order valence-corrected chi connectivity index (χ4v) is 3.78. The summed E-state index contributed by atoms with van der Waals surface area (Å²) in [5.74, 6) is -2.55. The predicted octanol–water partition coefficient (Wildman–Crippen LogP) is 4.30. The third-order valence-corrected chi connectivity index (χ3v) is 5.67. The summed E-state index contributed by atoms with van der Waals surface area (Å²) in [7, 11) is 0. The number of ether oxygens (including phenoxy) is 4. The van der Waals surface area contributed by atoms with E-state index in [1.54, 1.807) is 55.5 Å². The van der Waals surface area contributed by atoms with E-state index in [4.69, 9.17) is 18.9 Å². The number of rotatable bonds is 12. The van der Waals surface area contributed by atoms with Gasteiger partial charge in [-0.1, -0.05) is 61.7 Å². The van der Waals surface area contributed by atoms with Gasteiger partial charge in [-0.3, -0.25) is 0 Å². The lowest BCUT2D eigenvalue weighted by atomic mass is 9.91. The van der Waals surface area contributed by atoms with Gasteiger partial charge in [-0.25, -0.2) is 19.2 Å². The number of carbonyl (C=O) groups is 4. The molecule has 9 heteroatoms. The van der Waals surface area contributed by atoms with Crippen molar-refractivity contribution < 1.29 is 43.2 Å². The Morgan fingerprint density at radius 3 is 1.62 bits per heavy atom. The van der Waals surface area contributed by atoms with Crippen LogP contribution in [0.5, 0.6) is 0 Å². The molecule has 0 amide bonds. The van der Waals surface area contributed by atoms with Gasteiger partial charge in [0.1, 0.15) is 6.61 Å². The maximum atomic E-state index is 13.4. The van der Waals surface area contributed by atoms with E-state index in [0.717, 1.165) is 0 Å². The van der Waals surface area contributed by atoms with Crippen molar-refractivity contribution in [3.05, 3.63) is 84.0 Å². The maximum absolute atomic E-state index is 13.4. The Morgan fingerprint density at radius 2 is 1.15 bits per heavy atom. The van der Waals surface area contributed by atoms with Crippen LogP contribution >= 0.6 is 0 Å². The number of hydrogen-bond donors (Lipinski definition) is 1. The topological polar surface area (TPSA) is 125 Å². The Kier molecular flexibility index (Phi) is 9.94. The van der Waals surface area contributed by atoms with Crippen LogP contribution in [-0.2, 0) is 28.5 Å². The molecule has 1 atom stereocenters. The van der Waals surface area contributed by atoms with E-state index in [2.05, 4.69) is 13.2 Å². The minimum atomic E-state index is -1.11. The van der Waals surface area contributed by atoms with E-state index in [1.807, 2.05) is 0 Å². The van der Waals surface area contributed by atoms with Gasteiger partial charge >= 0.3 is 23.9 Å². The Balaban J connectivity index is 1.90. The molecule has 0 aliphatic heterocycles. The second kappa shape index (κ2) is 13.3. The molecule has 9 nitrogen and oxygen atoms in total. The molecule has 0 spiro atoms. The summed E-state index contributed by atoms with van der Waals surface area (Å²) in [5.41, 5.74) is 0.909. The van der Waals surface area contributed by atoms with E-state index in [0.29, 0.717) is 28.0 Å². The van der Waals surface area contributed by atoms with Crippen molar-refractivity contribution >= 4 is 45.4 Å². The first kappa shape index (κ1) is 29.1. The summed E-state index contributed by atoms with van der Waals surface area (Å²) in [6, 6.07) is 13.7. The van der Waals surface area contributed by atoms with Crippen LogP contribution in [0.2, 0.25) is 0 Å². The highest BCUT2D eigenvalue weighted by Gasteiger charge is 2.26. The largest absolute Gasteiger partial charge is 0.462 e. The molecule has 0 heterocycles. The first-order chi connectivity index (χ1) is 18.6. The van der Waals surface area contributed by atoms with E-state index in [9.17, 15) is 24.3 Å². The minimum Gasteiger partial charge on any atom is -0.462 e. The molecule has 39 heavy (non-hydrogen) atoms. The first-order valence-electron chi connectivity index (χ1n) is 12.2. The summed E-state index contributed by atoms with van der Waals surface area (Å²) < 4.78 is 21.0. The molecule has 0 saturated heterocycles. The summed E-state index contributed by atoms with van der Waals surface area (Å²) in [5, 5.41) is 11.5. The lowest BCUT2D eigenvalue weighted by molar-refractivity contribution is -0.143. The minimum absolute atomic E-state index is 0.00976. The highest BCUT2D eigenvalue weighted by molar-refractivity contribution is 6.24. The Hall–Kier alpha value is -4.50. The third-order valence-electron chi connectivity index (χ3n) is 5.67.